The van der Waals surface area contributed by atoms with Crippen molar-refractivity contribution in [2.45, 2.75) is 13.3 Å². The molecule has 0 amide bonds. The Morgan fingerprint density at radius 2 is 2.15 bits per heavy atom. The van der Waals surface area contributed by atoms with Crippen LogP contribution in [0.5, 0.6) is 0 Å². The largest absolute Gasteiger partial charge is 0.330 e. The van der Waals surface area contributed by atoms with E-state index < -0.39 is 0 Å². The van der Waals surface area contributed by atoms with Gasteiger partial charge in [-0.05, 0) is 26.9 Å². The number of likely N-dealkylation sites (N-methyl/N-ethyl adjacent to an activating group) is 1. The molecule has 0 aromatic heterocycles. The second kappa shape index (κ2) is 7.95. The Morgan fingerprint density at radius 3 is 2.69 bits per heavy atom. The van der Waals surface area contributed by atoms with Crippen molar-refractivity contribution in [3.05, 3.63) is 12.2 Å². The minimum atomic E-state index is 0.732. The van der Waals surface area contributed by atoms with Crippen LogP contribution in [0.15, 0.2) is 17.1 Å². The molecule has 2 N–H and O–H groups in total. The first-order valence-corrected chi connectivity index (χ1v) is 4.66. The fourth-order valence-corrected chi connectivity index (χ4v) is 0.994. The lowest BCUT2D eigenvalue weighted by Gasteiger charge is -2.13. The summed E-state index contributed by atoms with van der Waals surface area (Å²) in [6.45, 7) is 4.67. The minimum Gasteiger partial charge on any atom is -0.330 e. The van der Waals surface area contributed by atoms with E-state index in [0.717, 1.165) is 31.8 Å². The second-order valence-corrected chi connectivity index (χ2v) is 3.20. The highest BCUT2D eigenvalue weighted by atomic mass is 15.1. The average molecular weight is 183 g/mol. The predicted octanol–water partition coefficient (Wildman–Crippen LogP) is 0.914. The molecule has 76 valence electrons. The molecule has 0 atom stereocenters. The molecule has 0 aliphatic heterocycles. The van der Waals surface area contributed by atoms with Gasteiger partial charge in [-0.1, -0.05) is 12.2 Å². The zero-order chi connectivity index (χ0) is 10.1. The van der Waals surface area contributed by atoms with Gasteiger partial charge >= 0.3 is 0 Å². The highest BCUT2D eigenvalue weighted by Crippen LogP contribution is 1.87. The molecule has 0 rings (SSSR count). The van der Waals surface area contributed by atoms with Crippen molar-refractivity contribution >= 4 is 5.71 Å². The van der Waals surface area contributed by atoms with Crippen LogP contribution in [0.2, 0.25) is 0 Å². The summed E-state index contributed by atoms with van der Waals surface area (Å²) in [5, 5.41) is 0. The van der Waals surface area contributed by atoms with E-state index in [1.54, 1.807) is 0 Å². The molecule has 13 heavy (non-hydrogen) atoms. The average Bonchev–Trinajstić information content (AvgIpc) is 2.12. The van der Waals surface area contributed by atoms with E-state index in [-0.39, 0.29) is 0 Å². The summed E-state index contributed by atoms with van der Waals surface area (Å²) in [5.74, 6) is 0. The van der Waals surface area contributed by atoms with Crippen LogP contribution in [0.1, 0.15) is 13.3 Å². The van der Waals surface area contributed by atoms with Gasteiger partial charge in [-0.15, -0.1) is 0 Å². The maximum Gasteiger partial charge on any atom is 0.0360 e. The van der Waals surface area contributed by atoms with Gasteiger partial charge in [0, 0.05) is 25.8 Å². The summed E-state index contributed by atoms with van der Waals surface area (Å²) >= 11 is 0. The molecular weight excluding hydrogens is 162 g/mol. The van der Waals surface area contributed by atoms with Crippen molar-refractivity contribution in [2.24, 2.45) is 10.7 Å². The normalized spacial score (nSPS) is 13.2. The summed E-state index contributed by atoms with van der Waals surface area (Å²) in [7, 11) is 3.91. The summed E-state index contributed by atoms with van der Waals surface area (Å²) in [6, 6.07) is 0. The summed E-state index contributed by atoms with van der Waals surface area (Å²) in [6.07, 6.45) is 5.24. The summed E-state index contributed by atoms with van der Waals surface area (Å²) in [4.78, 5) is 6.32. The van der Waals surface area contributed by atoms with E-state index in [0.29, 0.717) is 0 Å². The fraction of sp³-hybridized carbons (Fsp3) is 0.700. The van der Waals surface area contributed by atoms with Crippen molar-refractivity contribution in [2.75, 3.05) is 33.7 Å². The van der Waals surface area contributed by atoms with Crippen molar-refractivity contribution in [1.29, 1.82) is 0 Å². The number of rotatable bonds is 6. The van der Waals surface area contributed by atoms with Crippen LogP contribution in [0.3, 0.4) is 0 Å². The molecule has 0 bridgehead atoms. The van der Waals surface area contributed by atoms with E-state index in [1.165, 1.54) is 0 Å². The van der Waals surface area contributed by atoms with Crippen molar-refractivity contribution in [3.63, 3.8) is 0 Å². The number of hydrogen-bond donors (Lipinski definition) is 1. The summed E-state index contributed by atoms with van der Waals surface area (Å²) < 4.78 is 0. The number of nitrogens with zero attached hydrogens (tertiary/aromatic N) is 2. The topological polar surface area (TPSA) is 41.6 Å². The Kier molecular flexibility index (Phi) is 7.54. The van der Waals surface area contributed by atoms with Gasteiger partial charge in [0.15, 0.2) is 0 Å². The maximum absolute atomic E-state index is 5.36. The molecule has 0 heterocycles. The van der Waals surface area contributed by atoms with Gasteiger partial charge in [-0.2, -0.15) is 0 Å². The SMILES string of the molecule is CN=C(C)CN(C)C/C=C\CCN. The Balaban J connectivity index is 3.56. The first-order chi connectivity index (χ1) is 6.20. The monoisotopic (exact) mass is 183 g/mol. The highest BCUT2D eigenvalue weighted by Gasteiger charge is 1.95. The molecule has 0 aromatic carbocycles. The van der Waals surface area contributed by atoms with Crippen molar-refractivity contribution < 1.29 is 0 Å². The van der Waals surface area contributed by atoms with E-state index in [2.05, 4.69) is 29.1 Å². The molecule has 0 radical (unpaired) electrons. The Labute approximate surface area is 81.3 Å². The molecular formula is C10H21N3. The molecule has 0 aliphatic carbocycles. The lowest BCUT2D eigenvalue weighted by atomic mass is 10.3. The van der Waals surface area contributed by atoms with Crippen LogP contribution in [-0.4, -0.2) is 44.3 Å². The molecule has 3 heteroatoms. The Hall–Kier alpha value is -0.670. The molecule has 0 unspecified atom stereocenters. The molecule has 0 saturated carbocycles. The van der Waals surface area contributed by atoms with Gasteiger partial charge in [-0.25, -0.2) is 0 Å². The molecule has 0 fully saturated rings. The van der Waals surface area contributed by atoms with Gasteiger partial charge in [0.2, 0.25) is 0 Å². The third-order valence-electron chi connectivity index (χ3n) is 1.80. The Bertz CT molecular complexity index is 173. The Morgan fingerprint density at radius 1 is 1.46 bits per heavy atom. The van der Waals surface area contributed by atoms with Crippen molar-refractivity contribution in [3.8, 4) is 0 Å². The standard InChI is InChI=1S/C10H21N3/c1-10(12-2)9-13(3)8-6-4-5-7-11/h4,6H,5,7-9,11H2,1-3H3/b6-4-,12-10?. The molecule has 0 aromatic rings. The number of hydrogen-bond acceptors (Lipinski definition) is 3. The van der Waals surface area contributed by atoms with Crippen LogP contribution in [0, 0.1) is 0 Å². The van der Waals surface area contributed by atoms with Crippen LogP contribution < -0.4 is 5.73 Å². The van der Waals surface area contributed by atoms with Gasteiger partial charge in [0.05, 0.1) is 0 Å². The van der Waals surface area contributed by atoms with E-state index in [1.807, 2.05) is 14.0 Å². The summed E-state index contributed by atoms with van der Waals surface area (Å²) in [5.41, 5.74) is 6.53. The van der Waals surface area contributed by atoms with Crippen LogP contribution in [0.4, 0.5) is 0 Å². The second-order valence-electron chi connectivity index (χ2n) is 3.20. The minimum absolute atomic E-state index is 0.732. The number of aliphatic imine (C=N–C) groups is 1. The zero-order valence-corrected chi connectivity index (χ0v) is 8.95. The predicted molar refractivity (Wildman–Crippen MR) is 59.3 cm³/mol. The van der Waals surface area contributed by atoms with Crippen molar-refractivity contribution in [1.82, 2.24) is 4.90 Å². The first-order valence-electron chi connectivity index (χ1n) is 4.66. The van der Waals surface area contributed by atoms with E-state index in [4.69, 9.17) is 5.73 Å². The molecule has 0 spiro atoms. The highest BCUT2D eigenvalue weighted by molar-refractivity contribution is 5.83. The van der Waals surface area contributed by atoms with E-state index >= 15 is 0 Å². The van der Waals surface area contributed by atoms with E-state index in [9.17, 15) is 0 Å². The third-order valence-corrected chi connectivity index (χ3v) is 1.80. The van der Waals surface area contributed by atoms with Crippen LogP contribution in [0.25, 0.3) is 0 Å². The lowest BCUT2D eigenvalue weighted by Crippen LogP contribution is -2.24. The van der Waals surface area contributed by atoms with Crippen LogP contribution >= 0.6 is 0 Å². The van der Waals surface area contributed by atoms with Gasteiger partial charge in [0.25, 0.3) is 0 Å². The third kappa shape index (κ3) is 7.68. The first kappa shape index (κ1) is 12.3. The maximum atomic E-state index is 5.36. The van der Waals surface area contributed by atoms with Gasteiger partial charge in [0.1, 0.15) is 0 Å². The molecule has 3 nitrogen and oxygen atoms in total. The quantitative estimate of drug-likeness (QED) is 0.491. The molecule has 0 saturated heterocycles. The zero-order valence-electron chi connectivity index (χ0n) is 8.95. The van der Waals surface area contributed by atoms with Gasteiger partial charge < -0.3 is 5.73 Å². The number of nitrogens with two attached hydrogens (primary N) is 1. The molecule has 0 aliphatic rings. The van der Waals surface area contributed by atoms with Crippen LogP contribution in [-0.2, 0) is 0 Å². The fourth-order valence-electron chi connectivity index (χ4n) is 0.994. The lowest BCUT2D eigenvalue weighted by molar-refractivity contribution is 0.423. The smallest absolute Gasteiger partial charge is 0.0360 e. The van der Waals surface area contributed by atoms with Gasteiger partial charge in [-0.3, -0.25) is 9.89 Å².